The first-order valence-electron chi connectivity index (χ1n) is 5.12. The lowest BCUT2D eigenvalue weighted by molar-refractivity contribution is -0.123. The van der Waals surface area contributed by atoms with Crippen LogP contribution in [0.2, 0.25) is 0 Å². The fraction of sp³-hybridized carbons (Fsp3) is 0.417. The lowest BCUT2D eigenvalue weighted by atomic mass is 9.75. The highest BCUT2D eigenvalue weighted by molar-refractivity contribution is 5.86. The topological polar surface area (TPSA) is 43.1 Å². The molecule has 0 saturated carbocycles. The molecule has 2 nitrogen and oxygen atoms in total. The van der Waals surface area contributed by atoms with Gasteiger partial charge >= 0.3 is 0 Å². The molecule has 1 aromatic rings. The van der Waals surface area contributed by atoms with E-state index in [9.17, 15) is 9.18 Å². The minimum absolute atomic E-state index is 0.302. The van der Waals surface area contributed by atoms with E-state index in [2.05, 4.69) is 0 Å². The van der Waals surface area contributed by atoms with E-state index >= 15 is 0 Å². The molecule has 1 amide bonds. The Bertz CT molecular complexity index is 341. The predicted octanol–water partition coefficient (Wildman–Crippen LogP) is 2.37. The van der Waals surface area contributed by atoms with Crippen molar-refractivity contribution in [1.82, 2.24) is 0 Å². The molecule has 3 heteroatoms. The predicted molar refractivity (Wildman–Crippen MR) is 57.9 cm³/mol. The first-order chi connectivity index (χ1) is 7.06. The average Bonchev–Trinajstić information content (AvgIpc) is 2.22. The molecule has 82 valence electrons. The smallest absolute Gasteiger partial charge is 0.228 e. The van der Waals surface area contributed by atoms with Crippen molar-refractivity contribution in [3.05, 3.63) is 35.6 Å². The number of carbonyl (C=O) groups excluding carboxylic acids is 1. The Kier molecular flexibility index (Phi) is 3.45. The summed E-state index contributed by atoms with van der Waals surface area (Å²) in [5.41, 5.74) is 5.56. The van der Waals surface area contributed by atoms with Crippen molar-refractivity contribution in [3.8, 4) is 0 Å². The van der Waals surface area contributed by atoms with E-state index in [0.29, 0.717) is 12.8 Å². The monoisotopic (exact) mass is 209 g/mol. The molecule has 0 fully saturated rings. The first-order valence-corrected chi connectivity index (χ1v) is 5.12. The largest absolute Gasteiger partial charge is 0.369 e. The number of primary amides is 1. The fourth-order valence-electron chi connectivity index (χ4n) is 1.92. The van der Waals surface area contributed by atoms with Crippen LogP contribution in [0.1, 0.15) is 32.3 Å². The van der Waals surface area contributed by atoms with Gasteiger partial charge in [0.2, 0.25) is 5.91 Å². The van der Waals surface area contributed by atoms with Gasteiger partial charge in [-0.05, 0) is 30.5 Å². The molecule has 0 aliphatic carbocycles. The molecule has 1 aromatic carbocycles. The van der Waals surface area contributed by atoms with E-state index in [0.717, 1.165) is 5.56 Å². The molecule has 0 aliphatic heterocycles. The van der Waals surface area contributed by atoms with Crippen LogP contribution >= 0.6 is 0 Å². The summed E-state index contributed by atoms with van der Waals surface area (Å²) in [5.74, 6) is -0.650. The molecule has 0 aliphatic rings. The number of benzene rings is 1. The zero-order chi connectivity index (χ0) is 11.5. The van der Waals surface area contributed by atoms with E-state index in [1.807, 2.05) is 13.8 Å². The molecule has 0 bridgehead atoms. The Labute approximate surface area is 89.3 Å². The molecule has 0 saturated heterocycles. The summed E-state index contributed by atoms with van der Waals surface area (Å²) >= 11 is 0. The normalized spacial score (nSPS) is 11.4. The van der Waals surface area contributed by atoms with Gasteiger partial charge in [-0.2, -0.15) is 0 Å². The molecule has 15 heavy (non-hydrogen) atoms. The average molecular weight is 209 g/mol. The third-order valence-corrected chi connectivity index (χ3v) is 3.08. The Morgan fingerprint density at radius 3 is 2.07 bits per heavy atom. The summed E-state index contributed by atoms with van der Waals surface area (Å²) in [5, 5.41) is 0. The maximum atomic E-state index is 12.8. The highest BCUT2D eigenvalue weighted by Gasteiger charge is 2.34. The van der Waals surface area contributed by atoms with Gasteiger partial charge in [-0.15, -0.1) is 0 Å². The lowest BCUT2D eigenvalue weighted by Crippen LogP contribution is -2.40. The number of halogens is 1. The second-order valence-electron chi connectivity index (χ2n) is 3.66. The number of nitrogens with two attached hydrogens (primary N) is 1. The highest BCUT2D eigenvalue weighted by Crippen LogP contribution is 2.31. The first kappa shape index (κ1) is 11.7. The summed E-state index contributed by atoms with van der Waals surface area (Å²) < 4.78 is 12.8. The standard InChI is InChI=1S/C12H16FNO/c1-3-12(4-2,11(14)15)9-5-7-10(13)8-6-9/h5-8H,3-4H2,1-2H3,(H2,14,15). The molecular formula is C12H16FNO. The van der Waals surface area contributed by atoms with Crippen LogP contribution in [-0.4, -0.2) is 5.91 Å². The maximum Gasteiger partial charge on any atom is 0.228 e. The van der Waals surface area contributed by atoms with Gasteiger partial charge in [0, 0.05) is 0 Å². The molecule has 0 heterocycles. The highest BCUT2D eigenvalue weighted by atomic mass is 19.1. The number of carbonyl (C=O) groups is 1. The van der Waals surface area contributed by atoms with E-state index in [1.54, 1.807) is 12.1 Å². The molecule has 0 unspecified atom stereocenters. The number of rotatable bonds is 4. The number of hydrogen-bond donors (Lipinski definition) is 1. The minimum atomic E-state index is -0.659. The number of hydrogen-bond acceptors (Lipinski definition) is 1. The van der Waals surface area contributed by atoms with Gasteiger partial charge in [-0.25, -0.2) is 4.39 Å². The number of amides is 1. The maximum absolute atomic E-state index is 12.8. The van der Waals surface area contributed by atoms with E-state index in [1.165, 1.54) is 12.1 Å². The third kappa shape index (κ3) is 2.01. The van der Waals surface area contributed by atoms with Crippen molar-refractivity contribution in [1.29, 1.82) is 0 Å². The van der Waals surface area contributed by atoms with Crippen LogP contribution in [0.25, 0.3) is 0 Å². The Morgan fingerprint density at radius 1 is 1.27 bits per heavy atom. The van der Waals surface area contributed by atoms with Gasteiger partial charge < -0.3 is 5.73 Å². The van der Waals surface area contributed by atoms with E-state index in [-0.39, 0.29) is 11.7 Å². The molecule has 0 spiro atoms. The van der Waals surface area contributed by atoms with Crippen LogP contribution in [0.4, 0.5) is 4.39 Å². The molecule has 0 radical (unpaired) electrons. The van der Waals surface area contributed by atoms with Crippen LogP contribution in [0.5, 0.6) is 0 Å². The van der Waals surface area contributed by atoms with Crippen molar-refractivity contribution in [3.63, 3.8) is 0 Å². The van der Waals surface area contributed by atoms with Crippen molar-refractivity contribution >= 4 is 5.91 Å². The van der Waals surface area contributed by atoms with Crippen molar-refractivity contribution in [2.75, 3.05) is 0 Å². The van der Waals surface area contributed by atoms with Gasteiger partial charge in [0.05, 0.1) is 5.41 Å². The zero-order valence-electron chi connectivity index (χ0n) is 9.09. The van der Waals surface area contributed by atoms with E-state index in [4.69, 9.17) is 5.73 Å². The minimum Gasteiger partial charge on any atom is -0.369 e. The lowest BCUT2D eigenvalue weighted by Gasteiger charge is -2.28. The molecular weight excluding hydrogens is 193 g/mol. The Hall–Kier alpha value is -1.38. The van der Waals surface area contributed by atoms with Crippen LogP contribution in [0, 0.1) is 5.82 Å². The van der Waals surface area contributed by atoms with Crippen molar-refractivity contribution in [2.45, 2.75) is 32.1 Å². The van der Waals surface area contributed by atoms with Gasteiger partial charge in [0.15, 0.2) is 0 Å². The van der Waals surface area contributed by atoms with Crippen LogP contribution in [0.15, 0.2) is 24.3 Å². The quantitative estimate of drug-likeness (QED) is 0.812. The summed E-state index contributed by atoms with van der Waals surface area (Å²) in [6, 6.07) is 5.98. The Balaban J connectivity index is 3.20. The summed E-state index contributed by atoms with van der Waals surface area (Å²) in [4.78, 5) is 11.5. The van der Waals surface area contributed by atoms with Crippen molar-refractivity contribution < 1.29 is 9.18 Å². The summed E-state index contributed by atoms with van der Waals surface area (Å²) in [6.07, 6.45) is 1.26. The molecule has 1 rings (SSSR count). The molecule has 2 N–H and O–H groups in total. The third-order valence-electron chi connectivity index (χ3n) is 3.08. The van der Waals surface area contributed by atoms with Gasteiger partial charge in [-0.3, -0.25) is 4.79 Å². The fourth-order valence-corrected chi connectivity index (χ4v) is 1.92. The van der Waals surface area contributed by atoms with Crippen LogP contribution < -0.4 is 5.73 Å². The van der Waals surface area contributed by atoms with Gasteiger partial charge in [0.25, 0.3) is 0 Å². The van der Waals surface area contributed by atoms with Crippen molar-refractivity contribution in [2.24, 2.45) is 5.73 Å². The van der Waals surface area contributed by atoms with Gasteiger partial charge in [-0.1, -0.05) is 26.0 Å². The van der Waals surface area contributed by atoms with Crippen LogP contribution in [-0.2, 0) is 10.2 Å². The second-order valence-corrected chi connectivity index (χ2v) is 3.66. The molecule has 0 aromatic heterocycles. The summed E-state index contributed by atoms with van der Waals surface area (Å²) in [7, 11) is 0. The second kappa shape index (κ2) is 4.43. The summed E-state index contributed by atoms with van der Waals surface area (Å²) in [6.45, 7) is 3.83. The Morgan fingerprint density at radius 2 is 1.73 bits per heavy atom. The molecule has 0 atom stereocenters. The SMILES string of the molecule is CCC(CC)(C(N)=O)c1ccc(F)cc1. The van der Waals surface area contributed by atoms with Crippen LogP contribution in [0.3, 0.4) is 0 Å². The zero-order valence-corrected chi connectivity index (χ0v) is 9.09. The van der Waals surface area contributed by atoms with Gasteiger partial charge in [0.1, 0.15) is 5.82 Å². The van der Waals surface area contributed by atoms with E-state index < -0.39 is 5.41 Å².